The van der Waals surface area contributed by atoms with E-state index in [0.717, 1.165) is 18.4 Å². The minimum absolute atomic E-state index is 0.157. The van der Waals surface area contributed by atoms with Gasteiger partial charge < -0.3 is 0 Å². The van der Waals surface area contributed by atoms with E-state index in [-0.39, 0.29) is 16.7 Å². The predicted molar refractivity (Wildman–Crippen MR) is 65.6 cm³/mol. The van der Waals surface area contributed by atoms with Gasteiger partial charge in [0.15, 0.2) is 0 Å². The molecule has 0 aromatic heterocycles. The summed E-state index contributed by atoms with van der Waals surface area (Å²) in [6.45, 7) is 0.562. The summed E-state index contributed by atoms with van der Waals surface area (Å²) in [5.74, 6) is 2.60. The Morgan fingerprint density at radius 3 is 3.06 bits per heavy atom. The van der Waals surface area contributed by atoms with Gasteiger partial charge in [0.05, 0.1) is 11.5 Å². The fourth-order valence-electron chi connectivity index (χ4n) is 2.39. The van der Waals surface area contributed by atoms with Gasteiger partial charge in [-0.15, -0.1) is 6.42 Å². The van der Waals surface area contributed by atoms with Gasteiger partial charge in [0.25, 0.3) is 5.69 Å². The van der Waals surface area contributed by atoms with Crippen molar-refractivity contribution in [1.82, 2.24) is 4.90 Å². The van der Waals surface area contributed by atoms with Crippen LogP contribution in [0.2, 0.25) is 0 Å². The molecule has 0 saturated carbocycles. The van der Waals surface area contributed by atoms with Crippen molar-refractivity contribution in [3.05, 3.63) is 39.4 Å². The first-order valence-corrected chi connectivity index (χ1v) is 5.54. The number of non-ortho nitro benzene ring substituents is 1. The number of nitrogens with zero attached hydrogens (tertiary/aromatic N) is 2. The van der Waals surface area contributed by atoms with E-state index in [1.54, 1.807) is 12.1 Å². The van der Waals surface area contributed by atoms with Gasteiger partial charge in [-0.25, -0.2) is 0 Å². The lowest BCUT2D eigenvalue weighted by atomic mass is 10.1. The van der Waals surface area contributed by atoms with E-state index in [9.17, 15) is 10.1 Å². The van der Waals surface area contributed by atoms with E-state index in [1.165, 1.54) is 5.56 Å². The van der Waals surface area contributed by atoms with Crippen molar-refractivity contribution in [2.75, 3.05) is 13.6 Å². The lowest BCUT2D eigenvalue weighted by Gasteiger charge is -2.22. The minimum atomic E-state index is -0.350. The highest BCUT2D eigenvalue weighted by molar-refractivity contribution is 5.44. The van der Waals surface area contributed by atoms with Crippen LogP contribution in [0.5, 0.6) is 0 Å². The zero-order chi connectivity index (χ0) is 12.4. The molecule has 0 radical (unpaired) electrons. The van der Waals surface area contributed by atoms with Crippen LogP contribution in [0, 0.1) is 22.5 Å². The van der Waals surface area contributed by atoms with Crippen molar-refractivity contribution in [3.63, 3.8) is 0 Å². The SMILES string of the molecule is C#CCN(C)C1CCc2ccc([N+](=O)[O-])cc21. The van der Waals surface area contributed by atoms with E-state index < -0.39 is 0 Å². The molecule has 1 aromatic carbocycles. The van der Waals surface area contributed by atoms with Gasteiger partial charge >= 0.3 is 0 Å². The third-order valence-electron chi connectivity index (χ3n) is 3.26. The largest absolute Gasteiger partial charge is 0.288 e. The first-order chi connectivity index (χ1) is 8.13. The average Bonchev–Trinajstić information content (AvgIpc) is 2.71. The summed E-state index contributed by atoms with van der Waals surface area (Å²) in [4.78, 5) is 12.5. The first-order valence-electron chi connectivity index (χ1n) is 5.54. The van der Waals surface area contributed by atoms with Gasteiger partial charge in [-0.1, -0.05) is 12.0 Å². The van der Waals surface area contributed by atoms with Crippen LogP contribution < -0.4 is 0 Å². The highest BCUT2D eigenvalue weighted by Crippen LogP contribution is 2.36. The number of nitro benzene ring substituents is 1. The molecule has 0 amide bonds. The topological polar surface area (TPSA) is 46.4 Å². The maximum absolute atomic E-state index is 10.8. The van der Waals surface area contributed by atoms with Gasteiger partial charge in [-0.05, 0) is 31.0 Å². The molecule has 1 atom stereocenters. The summed E-state index contributed by atoms with van der Waals surface area (Å²) in [5, 5.41) is 10.8. The summed E-state index contributed by atoms with van der Waals surface area (Å²) in [6.07, 6.45) is 7.24. The molecule has 1 aliphatic carbocycles. The molecule has 0 fully saturated rings. The monoisotopic (exact) mass is 230 g/mol. The molecule has 0 saturated heterocycles. The fourth-order valence-corrected chi connectivity index (χ4v) is 2.39. The molecule has 0 spiro atoms. The summed E-state index contributed by atoms with van der Waals surface area (Å²) in [5.41, 5.74) is 2.41. The van der Waals surface area contributed by atoms with Crippen molar-refractivity contribution in [2.45, 2.75) is 18.9 Å². The number of hydrogen-bond acceptors (Lipinski definition) is 3. The Kier molecular flexibility index (Phi) is 3.12. The minimum Gasteiger partial charge on any atom is -0.288 e. The van der Waals surface area contributed by atoms with Crippen molar-refractivity contribution < 1.29 is 4.92 Å². The van der Waals surface area contributed by atoms with E-state index in [0.29, 0.717) is 6.54 Å². The molecule has 0 bridgehead atoms. The van der Waals surface area contributed by atoms with E-state index in [4.69, 9.17) is 6.42 Å². The average molecular weight is 230 g/mol. The Morgan fingerprint density at radius 2 is 2.41 bits per heavy atom. The van der Waals surface area contributed by atoms with Crippen LogP contribution in [-0.4, -0.2) is 23.4 Å². The Bertz CT molecular complexity index is 491. The molecular weight excluding hydrogens is 216 g/mol. The van der Waals surface area contributed by atoms with Crippen LogP contribution >= 0.6 is 0 Å². The molecule has 0 N–H and O–H groups in total. The smallest absolute Gasteiger partial charge is 0.269 e. The molecule has 17 heavy (non-hydrogen) atoms. The van der Waals surface area contributed by atoms with Crippen LogP contribution in [-0.2, 0) is 6.42 Å². The summed E-state index contributed by atoms with van der Waals surface area (Å²) in [6, 6.07) is 5.32. The van der Waals surface area contributed by atoms with E-state index in [2.05, 4.69) is 10.8 Å². The molecule has 0 aliphatic heterocycles. The fraction of sp³-hybridized carbons (Fsp3) is 0.385. The maximum Gasteiger partial charge on any atom is 0.269 e. The first kappa shape index (κ1) is 11.6. The summed E-state index contributed by atoms with van der Waals surface area (Å²) < 4.78 is 0. The lowest BCUT2D eigenvalue weighted by molar-refractivity contribution is -0.384. The second-order valence-corrected chi connectivity index (χ2v) is 4.31. The number of benzene rings is 1. The number of aryl methyl sites for hydroxylation is 1. The number of terminal acetylenes is 1. The van der Waals surface area contributed by atoms with Gasteiger partial charge in [0, 0.05) is 18.2 Å². The van der Waals surface area contributed by atoms with Gasteiger partial charge in [-0.3, -0.25) is 15.0 Å². The summed E-state index contributed by atoms with van der Waals surface area (Å²) in [7, 11) is 1.96. The predicted octanol–water partition coefficient (Wildman–Crippen LogP) is 2.15. The molecule has 4 heteroatoms. The molecule has 1 aliphatic rings. The van der Waals surface area contributed by atoms with Crippen molar-refractivity contribution >= 4 is 5.69 Å². The second-order valence-electron chi connectivity index (χ2n) is 4.31. The van der Waals surface area contributed by atoms with Gasteiger partial charge in [0.1, 0.15) is 0 Å². The third-order valence-corrected chi connectivity index (χ3v) is 3.26. The molecule has 2 rings (SSSR count). The normalized spacial score (nSPS) is 17.8. The molecule has 1 aromatic rings. The number of hydrogen-bond donors (Lipinski definition) is 0. The Balaban J connectivity index is 2.33. The molecule has 0 heterocycles. The van der Waals surface area contributed by atoms with Gasteiger partial charge in [-0.2, -0.15) is 0 Å². The van der Waals surface area contributed by atoms with Crippen LogP contribution in [0.15, 0.2) is 18.2 Å². The zero-order valence-corrected chi connectivity index (χ0v) is 9.72. The highest BCUT2D eigenvalue weighted by atomic mass is 16.6. The van der Waals surface area contributed by atoms with E-state index in [1.807, 2.05) is 13.1 Å². The van der Waals surface area contributed by atoms with Crippen molar-refractivity contribution in [2.24, 2.45) is 0 Å². The molecule has 4 nitrogen and oxygen atoms in total. The third kappa shape index (κ3) is 2.15. The Labute approximate surface area is 100 Å². The van der Waals surface area contributed by atoms with Crippen molar-refractivity contribution in [1.29, 1.82) is 0 Å². The zero-order valence-electron chi connectivity index (χ0n) is 9.72. The molecular formula is C13H14N2O2. The quantitative estimate of drug-likeness (QED) is 0.454. The molecule has 1 unspecified atom stereocenters. The van der Waals surface area contributed by atoms with Crippen LogP contribution in [0.3, 0.4) is 0 Å². The Hall–Kier alpha value is -1.86. The van der Waals surface area contributed by atoms with E-state index >= 15 is 0 Å². The number of rotatable bonds is 3. The lowest BCUT2D eigenvalue weighted by Crippen LogP contribution is -2.23. The van der Waals surface area contributed by atoms with Crippen LogP contribution in [0.1, 0.15) is 23.6 Å². The number of nitro groups is 1. The summed E-state index contributed by atoms with van der Waals surface area (Å²) >= 11 is 0. The second kappa shape index (κ2) is 4.56. The van der Waals surface area contributed by atoms with Crippen LogP contribution in [0.25, 0.3) is 0 Å². The highest BCUT2D eigenvalue weighted by Gasteiger charge is 2.27. The Morgan fingerprint density at radius 1 is 1.65 bits per heavy atom. The van der Waals surface area contributed by atoms with Crippen LogP contribution in [0.4, 0.5) is 5.69 Å². The number of fused-ring (bicyclic) bond motifs is 1. The standard InChI is InChI=1S/C13H14N2O2/c1-3-8-14(2)13-7-5-10-4-6-11(15(16)17)9-12(10)13/h1,4,6,9,13H,5,7-8H2,2H3. The molecule has 88 valence electrons. The van der Waals surface area contributed by atoms with Gasteiger partial charge in [0.2, 0.25) is 0 Å². The van der Waals surface area contributed by atoms with Crippen molar-refractivity contribution in [3.8, 4) is 12.3 Å². The maximum atomic E-state index is 10.8.